The van der Waals surface area contributed by atoms with E-state index >= 15 is 0 Å². The number of nitrogens with one attached hydrogen (secondary N) is 1. The van der Waals surface area contributed by atoms with Gasteiger partial charge in [-0.05, 0) is 0 Å². The zero-order valence-electron chi connectivity index (χ0n) is 11.8. The predicted octanol–water partition coefficient (Wildman–Crippen LogP) is 1.48. The summed E-state index contributed by atoms with van der Waals surface area (Å²) in [5.41, 5.74) is 1.53. The van der Waals surface area contributed by atoms with Gasteiger partial charge in [-0.1, -0.05) is 20.8 Å². The molecule has 1 aliphatic rings. The van der Waals surface area contributed by atoms with Crippen molar-refractivity contribution in [1.29, 1.82) is 0 Å². The fraction of sp³-hybridized carbons (Fsp3) is 0.538. The van der Waals surface area contributed by atoms with Gasteiger partial charge in [0.2, 0.25) is 5.13 Å². The van der Waals surface area contributed by atoms with Gasteiger partial charge in [0, 0.05) is 29.9 Å². The van der Waals surface area contributed by atoms with Crippen LogP contribution in [-0.4, -0.2) is 25.9 Å². The average molecular weight is 291 g/mol. The standard InChI is InChI=1S/C13H17N5OS/c1-13(2,3)11-16-12(20-17-11)18-5-4-9-8(6-18)10(19)15-7-14-9/h7H,4-6H2,1-3H3,(H,14,15,19). The highest BCUT2D eigenvalue weighted by Crippen LogP contribution is 2.27. The summed E-state index contributed by atoms with van der Waals surface area (Å²) in [7, 11) is 0. The minimum atomic E-state index is -0.0553. The van der Waals surface area contributed by atoms with Gasteiger partial charge in [-0.15, -0.1) is 0 Å². The molecule has 0 saturated heterocycles. The maximum Gasteiger partial charge on any atom is 0.255 e. The van der Waals surface area contributed by atoms with Gasteiger partial charge < -0.3 is 9.88 Å². The molecule has 0 radical (unpaired) electrons. The minimum absolute atomic E-state index is 0.0541. The number of hydrogen-bond acceptors (Lipinski definition) is 6. The Morgan fingerprint density at radius 3 is 2.90 bits per heavy atom. The van der Waals surface area contributed by atoms with Gasteiger partial charge in [-0.2, -0.15) is 4.37 Å². The highest BCUT2D eigenvalue weighted by atomic mass is 32.1. The molecule has 0 atom stereocenters. The van der Waals surface area contributed by atoms with E-state index in [1.807, 2.05) is 0 Å². The van der Waals surface area contributed by atoms with Crippen molar-refractivity contribution in [3.05, 3.63) is 33.8 Å². The van der Waals surface area contributed by atoms with Crippen LogP contribution < -0.4 is 10.5 Å². The van der Waals surface area contributed by atoms with E-state index in [9.17, 15) is 4.79 Å². The number of rotatable bonds is 1. The number of anilines is 1. The summed E-state index contributed by atoms with van der Waals surface area (Å²) < 4.78 is 4.43. The Bertz CT molecular complexity index is 685. The number of hydrogen-bond donors (Lipinski definition) is 1. The van der Waals surface area contributed by atoms with E-state index in [-0.39, 0.29) is 11.0 Å². The van der Waals surface area contributed by atoms with Gasteiger partial charge in [-0.3, -0.25) is 4.79 Å². The van der Waals surface area contributed by atoms with Crippen molar-refractivity contribution >= 4 is 16.7 Å². The van der Waals surface area contributed by atoms with Crippen molar-refractivity contribution in [3.8, 4) is 0 Å². The molecule has 3 heterocycles. The second kappa shape index (κ2) is 4.66. The lowest BCUT2D eigenvalue weighted by Gasteiger charge is -2.26. The molecule has 6 nitrogen and oxygen atoms in total. The Kier molecular flexibility index (Phi) is 3.08. The number of aromatic amines is 1. The molecule has 106 valence electrons. The van der Waals surface area contributed by atoms with E-state index in [1.165, 1.54) is 17.9 Å². The van der Waals surface area contributed by atoms with Gasteiger partial charge in [-0.25, -0.2) is 9.97 Å². The highest BCUT2D eigenvalue weighted by Gasteiger charge is 2.25. The first-order valence-electron chi connectivity index (χ1n) is 6.60. The van der Waals surface area contributed by atoms with Crippen LogP contribution >= 0.6 is 11.5 Å². The maximum absolute atomic E-state index is 11.9. The van der Waals surface area contributed by atoms with E-state index in [0.29, 0.717) is 6.54 Å². The normalized spacial score (nSPS) is 15.2. The van der Waals surface area contributed by atoms with Crippen LogP contribution in [-0.2, 0) is 18.4 Å². The average Bonchev–Trinajstić information content (AvgIpc) is 2.88. The molecule has 3 rings (SSSR count). The first-order chi connectivity index (χ1) is 9.45. The lowest BCUT2D eigenvalue weighted by Crippen LogP contribution is -2.35. The van der Waals surface area contributed by atoms with Crippen LogP contribution in [0.4, 0.5) is 5.13 Å². The van der Waals surface area contributed by atoms with Gasteiger partial charge in [0.05, 0.1) is 24.1 Å². The van der Waals surface area contributed by atoms with E-state index in [0.717, 1.165) is 35.2 Å². The Morgan fingerprint density at radius 1 is 1.40 bits per heavy atom. The maximum atomic E-state index is 11.9. The monoisotopic (exact) mass is 291 g/mol. The number of fused-ring (bicyclic) bond motifs is 1. The van der Waals surface area contributed by atoms with Crippen molar-refractivity contribution in [3.63, 3.8) is 0 Å². The van der Waals surface area contributed by atoms with E-state index in [1.54, 1.807) is 0 Å². The quantitative estimate of drug-likeness (QED) is 0.861. The van der Waals surface area contributed by atoms with E-state index < -0.39 is 0 Å². The summed E-state index contributed by atoms with van der Waals surface area (Å²) in [4.78, 5) is 25.4. The van der Waals surface area contributed by atoms with Crippen molar-refractivity contribution in [2.75, 3.05) is 11.4 Å². The molecule has 2 aromatic rings. The second-order valence-electron chi connectivity index (χ2n) is 5.98. The highest BCUT2D eigenvalue weighted by molar-refractivity contribution is 7.09. The van der Waals surface area contributed by atoms with E-state index in [2.05, 4.69) is 45.0 Å². The molecule has 1 N–H and O–H groups in total. The van der Waals surface area contributed by atoms with Gasteiger partial charge in [0.25, 0.3) is 5.56 Å². The third-order valence-corrected chi connectivity index (χ3v) is 4.14. The molecular formula is C13H17N5OS. The van der Waals surface area contributed by atoms with Crippen LogP contribution in [0, 0.1) is 0 Å². The molecule has 0 spiro atoms. The van der Waals surface area contributed by atoms with Crippen molar-refractivity contribution < 1.29 is 0 Å². The summed E-state index contributed by atoms with van der Waals surface area (Å²) in [6.07, 6.45) is 2.24. The Labute approximate surface area is 121 Å². The van der Waals surface area contributed by atoms with Gasteiger partial charge in [0.1, 0.15) is 5.82 Å². The molecule has 0 amide bonds. The molecule has 20 heavy (non-hydrogen) atoms. The Balaban J connectivity index is 1.89. The third kappa shape index (κ3) is 2.33. The largest absolute Gasteiger partial charge is 0.342 e. The lowest BCUT2D eigenvalue weighted by molar-refractivity contribution is 0.553. The van der Waals surface area contributed by atoms with Crippen molar-refractivity contribution in [1.82, 2.24) is 19.3 Å². The van der Waals surface area contributed by atoms with Crippen LogP contribution in [0.15, 0.2) is 11.1 Å². The predicted molar refractivity (Wildman–Crippen MR) is 78.2 cm³/mol. The molecule has 2 aromatic heterocycles. The summed E-state index contributed by atoms with van der Waals surface area (Å²) in [5.74, 6) is 0.850. The lowest BCUT2D eigenvalue weighted by atomic mass is 9.96. The SMILES string of the molecule is CC(C)(C)c1nsc(N2CCc3nc[nH]c(=O)c3C2)n1. The molecular weight excluding hydrogens is 274 g/mol. The smallest absolute Gasteiger partial charge is 0.255 e. The zero-order valence-corrected chi connectivity index (χ0v) is 12.6. The van der Waals surface area contributed by atoms with Crippen LogP contribution in [0.2, 0.25) is 0 Å². The summed E-state index contributed by atoms with van der Waals surface area (Å²) >= 11 is 1.40. The minimum Gasteiger partial charge on any atom is -0.342 e. The molecule has 0 unspecified atom stereocenters. The summed E-state index contributed by atoms with van der Waals surface area (Å²) in [6, 6.07) is 0. The van der Waals surface area contributed by atoms with Crippen molar-refractivity contribution in [2.45, 2.75) is 39.2 Å². The number of aromatic nitrogens is 4. The van der Waals surface area contributed by atoms with E-state index in [4.69, 9.17) is 0 Å². The Hall–Kier alpha value is -1.76. The molecule has 1 aliphatic heterocycles. The fourth-order valence-corrected chi connectivity index (χ4v) is 3.05. The second-order valence-corrected chi connectivity index (χ2v) is 6.71. The zero-order chi connectivity index (χ0) is 14.3. The first-order valence-corrected chi connectivity index (χ1v) is 7.37. The molecule has 0 bridgehead atoms. The summed E-state index contributed by atoms with van der Waals surface area (Å²) in [6.45, 7) is 7.66. The number of H-pyrrole nitrogens is 1. The van der Waals surface area contributed by atoms with Crippen LogP contribution in [0.3, 0.4) is 0 Å². The molecule has 0 aliphatic carbocycles. The van der Waals surface area contributed by atoms with Gasteiger partial charge in [0.15, 0.2) is 0 Å². The molecule has 0 saturated carbocycles. The topological polar surface area (TPSA) is 74.8 Å². The van der Waals surface area contributed by atoms with Crippen molar-refractivity contribution in [2.24, 2.45) is 0 Å². The van der Waals surface area contributed by atoms with Gasteiger partial charge >= 0.3 is 0 Å². The fourth-order valence-electron chi connectivity index (χ4n) is 2.17. The number of nitrogens with zero attached hydrogens (tertiary/aromatic N) is 4. The van der Waals surface area contributed by atoms with Crippen LogP contribution in [0.5, 0.6) is 0 Å². The molecule has 0 fully saturated rings. The van der Waals surface area contributed by atoms with Crippen LogP contribution in [0.1, 0.15) is 37.9 Å². The third-order valence-electron chi connectivity index (χ3n) is 3.36. The summed E-state index contributed by atoms with van der Waals surface area (Å²) in [5, 5.41) is 0.879. The Morgan fingerprint density at radius 2 is 2.20 bits per heavy atom. The van der Waals surface area contributed by atoms with Crippen LogP contribution in [0.25, 0.3) is 0 Å². The molecule has 7 heteroatoms. The molecule has 0 aromatic carbocycles. The first kappa shape index (κ1) is 13.2.